The maximum Gasteiger partial charge on any atom is 0.509 e. The summed E-state index contributed by atoms with van der Waals surface area (Å²) < 4.78 is 36.8. The predicted molar refractivity (Wildman–Crippen MR) is 49.5 cm³/mol. The zero-order chi connectivity index (χ0) is 10.1. The van der Waals surface area contributed by atoms with Crippen molar-refractivity contribution >= 4 is 18.1 Å². The number of halogens is 3. The van der Waals surface area contributed by atoms with Gasteiger partial charge in [-0.15, -0.1) is 5.46 Å². The number of hydrogen-bond donors (Lipinski definition) is 0. The van der Waals surface area contributed by atoms with Gasteiger partial charge in [0.25, 0.3) is 0 Å². The SMILES string of the molecule is CN(C)c1cccc([B-](F)(F)F)c1. The van der Waals surface area contributed by atoms with Crippen LogP contribution in [0.2, 0.25) is 0 Å². The molecule has 1 aromatic carbocycles. The normalized spacial score (nSPS) is 11.5. The number of anilines is 1. The van der Waals surface area contributed by atoms with E-state index in [0.717, 1.165) is 12.1 Å². The highest BCUT2D eigenvalue weighted by atomic mass is 19.4. The van der Waals surface area contributed by atoms with Crippen molar-refractivity contribution in [1.82, 2.24) is 0 Å². The van der Waals surface area contributed by atoms with E-state index in [0.29, 0.717) is 5.69 Å². The van der Waals surface area contributed by atoms with Crippen molar-refractivity contribution in [1.29, 1.82) is 0 Å². The first-order chi connectivity index (χ1) is 5.91. The average molecular weight is 188 g/mol. The van der Waals surface area contributed by atoms with Crippen LogP contribution < -0.4 is 10.4 Å². The second-order valence-electron chi connectivity index (χ2n) is 3.06. The van der Waals surface area contributed by atoms with Crippen molar-refractivity contribution in [2.24, 2.45) is 0 Å². The summed E-state index contributed by atoms with van der Waals surface area (Å²) >= 11 is 0. The lowest BCUT2D eigenvalue weighted by Crippen LogP contribution is -2.34. The van der Waals surface area contributed by atoms with E-state index in [4.69, 9.17) is 0 Å². The Hall–Kier alpha value is -1.13. The molecule has 1 nitrogen and oxygen atoms in total. The highest BCUT2D eigenvalue weighted by molar-refractivity contribution is 6.73. The van der Waals surface area contributed by atoms with Gasteiger partial charge in [0.15, 0.2) is 0 Å². The van der Waals surface area contributed by atoms with Gasteiger partial charge in [-0.25, -0.2) is 0 Å². The average Bonchev–Trinajstić information content (AvgIpc) is 2.03. The third-order valence-corrected chi connectivity index (χ3v) is 1.76. The van der Waals surface area contributed by atoms with Gasteiger partial charge in [-0.2, -0.15) is 0 Å². The molecule has 0 fully saturated rings. The summed E-state index contributed by atoms with van der Waals surface area (Å²) in [6.45, 7) is -4.88. The Morgan fingerprint density at radius 3 is 2.23 bits per heavy atom. The minimum absolute atomic E-state index is 0.550. The fourth-order valence-electron chi connectivity index (χ4n) is 1.01. The first-order valence-corrected chi connectivity index (χ1v) is 3.88. The van der Waals surface area contributed by atoms with E-state index in [-0.39, 0.29) is 0 Å². The molecule has 0 aliphatic rings. The lowest BCUT2D eigenvalue weighted by Gasteiger charge is -2.18. The Labute approximate surface area is 75.2 Å². The zero-order valence-electron chi connectivity index (χ0n) is 7.47. The van der Waals surface area contributed by atoms with E-state index in [1.165, 1.54) is 6.07 Å². The van der Waals surface area contributed by atoms with Gasteiger partial charge < -0.3 is 17.8 Å². The summed E-state index contributed by atoms with van der Waals surface area (Å²) in [5, 5.41) is 0. The topological polar surface area (TPSA) is 3.24 Å². The Bertz CT molecular complexity index is 296. The second kappa shape index (κ2) is 3.32. The van der Waals surface area contributed by atoms with Crippen LogP contribution in [0.1, 0.15) is 0 Å². The molecule has 1 aromatic rings. The monoisotopic (exact) mass is 188 g/mol. The number of hydrogen-bond acceptors (Lipinski definition) is 1. The molecule has 5 heteroatoms. The third kappa shape index (κ3) is 2.40. The van der Waals surface area contributed by atoms with Crippen LogP contribution in [0, 0.1) is 0 Å². The zero-order valence-corrected chi connectivity index (χ0v) is 7.47. The number of benzene rings is 1. The minimum Gasteiger partial charge on any atom is -0.445 e. The predicted octanol–water partition coefficient (Wildman–Crippen LogP) is 1.81. The van der Waals surface area contributed by atoms with E-state index in [2.05, 4.69) is 0 Å². The molecule has 0 radical (unpaired) electrons. The van der Waals surface area contributed by atoms with E-state index in [9.17, 15) is 12.9 Å². The standard InChI is InChI=1S/C8H10BF3N/c1-13(2)8-5-3-4-7(6-8)9(10,11)12/h3-6H,1-2H3/q-1. The van der Waals surface area contributed by atoms with E-state index in [1.54, 1.807) is 25.1 Å². The van der Waals surface area contributed by atoms with Crippen molar-refractivity contribution in [2.45, 2.75) is 0 Å². The Morgan fingerprint density at radius 2 is 1.77 bits per heavy atom. The molecule has 72 valence electrons. The molecule has 0 heterocycles. The Balaban J connectivity index is 3.06. The molecule has 0 spiro atoms. The van der Waals surface area contributed by atoms with Crippen LogP contribution in [0.5, 0.6) is 0 Å². The van der Waals surface area contributed by atoms with Crippen LogP contribution >= 0.6 is 0 Å². The van der Waals surface area contributed by atoms with Gasteiger partial charge in [-0.3, -0.25) is 0 Å². The summed E-state index contributed by atoms with van der Waals surface area (Å²) in [5.41, 5.74) is 0.0166. The lowest BCUT2D eigenvalue weighted by molar-refractivity contribution is 0.501. The highest BCUT2D eigenvalue weighted by Crippen LogP contribution is 2.14. The van der Waals surface area contributed by atoms with Crippen LogP contribution in [-0.4, -0.2) is 21.1 Å². The van der Waals surface area contributed by atoms with Crippen molar-refractivity contribution < 1.29 is 12.9 Å². The summed E-state index contributed by atoms with van der Waals surface area (Å²) in [6, 6.07) is 5.30. The van der Waals surface area contributed by atoms with Gasteiger partial charge in [0.2, 0.25) is 0 Å². The van der Waals surface area contributed by atoms with E-state index >= 15 is 0 Å². The molecule has 0 aromatic heterocycles. The summed E-state index contributed by atoms with van der Waals surface area (Å²) in [4.78, 5) is 1.64. The molecule has 1 rings (SSSR count). The minimum atomic E-state index is -4.88. The van der Waals surface area contributed by atoms with E-state index < -0.39 is 12.4 Å². The van der Waals surface area contributed by atoms with Gasteiger partial charge in [-0.05, 0) is 6.07 Å². The molecule has 0 N–H and O–H groups in total. The van der Waals surface area contributed by atoms with Gasteiger partial charge in [-0.1, -0.05) is 18.2 Å². The summed E-state index contributed by atoms with van der Waals surface area (Å²) in [5.74, 6) is 0. The maximum absolute atomic E-state index is 12.3. The van der Waals surface area contributed by atoms with Crippen LogP contribution in [0.15, 0.2) is 24.3 Å². The summed E-state index contributed by atoms with van der Waals surface area (Å²) in [6.07, 6.45) is 0. The van der Waals surface area contributed by atoms with Crippen LogP contribution in [0.25, 0.3) is 0 Å². The quantitative estimate of drug-likeness (QED) is 0.639. The molecule has 0 saturated carbocycles. The first-order valence-electron chi connectivity index (χ1n) is 3.88. The molecule has 0 atom stereocenters. The highest BCUT2D eigenvalue weighted by Gasteiger charge is 2.25. The van der Waals surface area contributed by atoms with Crippen LogP contribution in [-0.2, 0) is 0 Å². The van der Waals surface area contributed by atoms with Crippen molar-refractivity contribution in [3.63, 3.8) is 0 Å². The maximum atomic E-state index is 12.3. The second-order valence-corrected chi connectivity index (χ2v) is 3.06. The van der Waals surface area contributed by atoms with Crippen molar-refractivity contribution in [3.8, 4) is 0 Å². The van der Waals surface area contributed by atoms with E-state index in [1.807, 2.05) is 0 Å². The van der Waals surface area contributed by atoms with Crippen molar-refractivity contribution in [3.05, 3.63) is 24.3 Å². The number of nitrogens with zero attached hydrogens (tertiary/aromatic N) is 1. The van der Waals surface area contributed by atoms with Crippen molar-refractivity contribution in [2.75, 3.05) is 19.0 Å². The smallest absolute Gasteiger partial charge is 0.445 e. The molecule has 0 bridgehead atoms. The molecule has 0 saturated heterocycles. The molecule has 0 unspecified atom stereocenters. The third-order valence-electron chi connectivity index (χ3n) is 1.76. The molecular weight excluding hydrogens is 178 g/mol. The first kappa shape index (κ1) is 9.96. The molecule has 0 aliphatic heterocycles. The Morgan fingerprint density at radius 1 is 1.15 bits per heavy atom. The van der Waals surface area contributed by atoms with Crippen LogP contribution in [0.3, 0.4) is 0 Å². The van der Waals surface area contributed by atoms with Gasteiger partial charge >= 0.3 is 6.98 Å². The number of rotatable bonds is 2. The fraction of sp³-hybridized carbons (Fsp3) is 0.250. The lowest BCUT2D eigenvalue weighted by atomic mass is 9.80. The summed E-state index contributed by atoms with van der Waals surface area (Å²) in [7, 11) is 3.42. The van der Waals surface area contributed by atoms with Gasteiger partial charge in [0, 0.05) is 19.8 Å². The van der Waals surface area contributed by atoms with Gasteiger partial charge in [0.05, 0.1) is 0 Å². The molecule has 0 amide bonds. The fourth-order valence-corrected chi connectivity index (χ4v) is 1.01. The Kier molecular flexibility index (Phi) is 2.54. The van der Waals surface area contributed by atoms with Crippen LogP contribution in [0.4, 0.5) is 18.6 Å². The largest absolute Gasteiger partial charge is 0.509 e. The molecular formula is C8H10BF3N-. The molecule has 13 heavy (non-hydrogen) atoms. The molecule has 0 aliphatic carbocycles. The van der Waals surface area contributed by atoms with Gasteiger partial charge in [0.1, 0.15) is 0 Å².